The summed E-state index contributed by atoms with van der Waals surface area (Å²) >= 11 is 0. The van der Waals surface area contributed by atoms with Crippen LogP contribution in [0.2, 0.25) is 0 Å². The van der Waals surface area contributed by atoms with E-state index in [1.807, 2.05) is 6.08 Å². The first-order valence-electron chi connectivity index (χ1n) is 38.5. The van der Waals surface area contributed by atoms with Gasteiger partial charge in [0.25, 0.3) is 0 Å². The summed E-state index contributed by atoms with van der Waals surface area (Å²) in [5.41, 5.74) is 0. The van der Waals surface area contributed by atoms with E-state index < -0.39 is 12.1 Å². The second-order valence-electron chi connectivity index (χ2n) is 26.7. The van der Waals surface area contributed by atoms with Gasteiger partial charge in [-0.15, -0.1) is 0 Å². The number of carbonyl (C=O) groups is 2. The van der Waals surface area contributed by atoms with Crippen LogP contribution in [0.5, 0.6) is 0 Å². The molecule has 6 heteroatoms. The molecule has 0 heterocycles. The Morgan fingerprint density at radius 2 is 0.554 bits per heavy atom. The molecule has 1 amide bonds. The molecule has 0 aromatic carbocycles. The summed E-state index contributed by atoms with van der Waals surface area (Å²) in [5, 5.41) is 23.3. The van der Waals surface area contributed by atoms with Crippen molar-refractivity contribution in [1.29, 1.82) is 0 Å². The van der Waals surface area contributed by atoms with E-state index in [4.69, 9.17) is 4.74 Å². The summed E-state index contributed by atoms with van der Waals surface area (Å²) in [6, 6.07) is -0.624. The summed E-state index contributed by atoms with van der Waals surface area (Å²) < 4.78 is 5.49. The lowest BCUT2D eigenvalue weighted by Gasteiger charge is -2.20. The van der Waals surface area contributed by atoms with Crippen LogP contribution in [0.25, 0.3) is 0 Å². The molecule has 2 atom stereocenters. The smallest absolute Gasteiger partial charge is 0.305 e. The normalized spacial score (nSPS) is 12.5. The summed E-state index contributed by atoms with van der Waals surface area (Å²) in [6.07, 6.45) is 91.9. The lowest BCUT2D eigenvalue weighted by atomic mass is 10.0. The number of unbranched alkanes of at least 4 members (excludes halogenated alkanes) is 62. The van der Waals surface area contributed by atoms with Gasteiger partial charge in [0.1, 0.15) is 0 Å². The Kier molecular flexibility index (Phi) is 71.8. The number of hydrogen-bond acceptors (Lipinski definition) is 5. The molecule has 0 saturated heterocycles. The minimum absolute atomic E-state index is 0.0241. The third kappa shape index (κ3) is 69.6. The molecule has 83 heavy (non-hydrogen) atoms. The largest absolute Gasteiger partial charge is 0.466 e. The molecular formula is C77H151NO5. The van der Waals surface area contributed by atoms with E-state index in [0.29, 0.717) is 19.4 Å². The SMILES string of the molecule is CCCCCCCCCCCCCCCCCCC/C=C/C(O)C(CO)NC(=O)CCCCCCCCCCCCCCCCCCCCCCCCCCCCCCCCCCCCCOC(=O)CCCCCCCCCCCCCC. The Morgan fingerprint density at radius 3 is 0.819 bits per heavy atom. The van der Waals surface area contributed by atoms with Crippen LogP contribution in [-0.4, -0.2) is 47.4 Å². The van der Waals surface area contributed by atoms with Gasteiger partial charge in [-0.05, 0) is 32.1 Å². The maximum Gasteiger partial charge on any atom is 0.305 e. The molecule has 0 aliphatic carbocycles. The second-order valence-corrected chi connectivity index (χ2v) is 26.7. The van der Waals surface area contributed by atoms with E-state index >= 15 is 0 Å². The van der Waals surface area contributed by atoms with Gasteiger partial charge in [0, 0.05) is 12.8 Å². The van der Waals surface area contributed by atoms with Crippen molar-refractivity contribution in [2.75, 3.05) is 13.2 Å². The minimum Gasteiger partial charge on any atom is -0.466 e. The van der Waals surface area contributed by atoms with Gasteiger partial charge >= 0.3 is 5.97 Å². The molecule has 2 unspecified atom stereocenters. The highest BCUT2D eigenvalue weighted by Gasteiger charge is 2.18. The third-order valence-electron chi connectivity index (χ3n) is 18.3. The summed E-state index contributed by atoms with van der Waals surface area (Å²) in [7, 11) is 0. The van der Waals surface area contributed by atoms with Crippen molar-refractivity contribution < 1.29 is 24.5 Å². The molecular weight excluding hydrogens is 1020 g/mol. The van der Waals surface area contributed by atoms with E-state index in [1.54, 1.807) is 6.08 Å². The highest BCUT2D eigenvalue weighted by Crippen LogP contribution is 2.20. The Morgan fingerprint density at radius 1 is 0.325 bits per heavy atom. The van der Waals surface area contributed by atoms with Crippen LogP contribution in [0.3, 0.4) is 0 Å². The van der Waals surface area contributed by atoms with E-state index in [-0.39, 0.29) is 18.5 Å². The average molecular weight is 1170 g/mol. The topological polar surface area (TPSA) is 95.9 Å². The first kappa shape index (κ1) is 81.6. The number of rotatable bonds is 73. The van der Waals surface area contributed by atoms with E-state index in [9.17, 15) is 19.8 Å². The lowest BCUT2D eigenvalue weighted by Crippen LogP contribution is -2.45. The van der Waals surface area contributed by atoms with Crippen molar-refractivity contribution in [3.05, 3.63) is 12.2 Å². The summed E-state index contributed by atoms with van der Waals surface area (Å²) in [4.78, 5) is 24.6. The number of carbonyl (C=O) groups excluding carboxylic acids is 2. The van der Waals surface area contributed by atoms with Crippen molar-refractivity contribution in [2.45, 2.75) is 456 Å². The molecule has 3 N–H and O–H groups in total. The highest BCUT2D eigenvalue weighted by atomic mass is 16.5. The van der Waals surface area contributed by atoms with Gasteiger partial charge in [0.05, 0.1) is 25.4 Å². The van der Waals surface area contributed by atoms with Crippen molar-refractivity contribution in [3.63, 3.8) is 0 Å². The molecule has 0 aliphatic rings. The quantitative estimate of drug-likeness (QED) is 0.0320. The van der Waals surface area contributed by atoms with E-state index in [2.05, 4.69) is 19.2 Å². The monoisotopic (exact) mass is 1170 g/mol. The van der Waals surface area contributed by atoms with E-state index in [0.717, 1.165) is 38.5 Å². The molecule has 0 saturated carbocycles. The van der Waals surface area contributed by atoms with Gasteiger partial charge in [0.2, 0.25) is 5.91 Å². The van der Waals surface area contributed by atoms with Crippen molar-refractivity contribution >= 4 is 11.9 Å². The van der Waals surface area contributed by atoms with Crippen LogP contribution in [-0.2, 0) is 14.3 Å². The molecule has 0 aromatic heterocycles. The fourth-order valence-electron chi connectivity index (χ4n) is 12.5. The first-order valence-corrected chi connectivity index (χ1v) is 38.5. The number of allylic oxidation sites excluding steroid dienone is 1. The molecule has 6 nitrogen and oxygen atoms in total. The first-order chi connectivity index (χ1) is 41.0. The number of aliphatic hydroxyl groups is 2. The number of esters is 1. The molecule has 494 valence electrons. The number of nitrogens with one attached hydrogen (secondary N) is 1. The maximum absolute atomic E-state index is 12.5. The highest BCUT2D eigenvalue weighted by molar-refractivity contribution is 5.76. The van der Waals surface area contributed by atoms with Crippen LogP contribution in [0.15, 0.2) is 12.2 Å². The van der Waals surface area contributed by atoms with Crippen LogP contribution in [0.4, 0.5) is 0 Å². The van der Waals surface area contributed by atoms with Crippen LogP contribution in [0, 0.1) is 0 Å². The Balaban J connectivity index is 3.32. The maximum atomic E-state index is 12.5. The molecule has 0 spiro atoms. The van der Waals surface area contributed by atoms with Gasteiger partial charge in [-0.25, -0.2) is 0 Å². The van der Waals surface area contributed by atoms with Crippen LogP contribution in [0.1, 0.15) is 444 Å². The molecule has 0 aromatic rings. The molecule has 0 bridgehead atoms. The number of hydrogen-bond donors (Lipinski definition) is 3. The van der Waals surface area contributed by atoms with Crippen molar-refractivity contribution in [2.24, 2.45) is 0 Å². The Labute approximate surface area is 520 Å². The predicted molar refractivity (Wildman–Crippen MR) is 366 cm³/mol. The van der Waals surface area contributed by atoms with E-state index in [1.165, 1.54) is 379 Å². The molecule has 0 aliphatic heterocycles. The molecule has 0 radical (unpaired) electrons. The standard InChI is InChI=1S/C77H151NO5/c1-3-5-7-9-11-13-15-17-18-19-37-40-43-46-49-53-57-61-65-69-75(80)74(73-79)78-76(81)70-66-62-58-54-50-47-44-41-38-35-33-31-29-27-25-23-21-20-22-24-26-28-30-32-34-36-39-42-45-48-52-56-60-64-68-72-83-77(82)71-67-63-59-55-51-16-14-12-10-8-6-4-2/h65,69,74-75,79-80H,3-64,66-68,70-73H2,1-2H3,(H,78,81)/b69-65+. The van der Waals surface area contributed by atoms with Gasteiger partial charge in [-0.3, -0.25) is 9.59 Å². The molecule has 0 rings (SSSR count). The zero-order valence-corrected chi connectivity index (χ0v) is 56.7. The van der Waals surface area contributed by atoms with Gasteiger partial charge in [-0.2, -0.15) is 0 Å². The van der Waals surface area contributed by atoms with Crippen molar-refractivity contribution in [3.8, 4) is 0 Å². The van der Waals surface area contributed by atoms with Gasteiger partial charge in [0.15, 0.2) is 0 Å². The fourth-order valence-corrected chi connectivity index (χ4v) is 12.5. The number of aliphatic hydroxyl groups excluding tert-OH is 2. The fraction of sp³-hybridized carbons (Fsp3) is 0.948. The second kappa shape index (κ2) is 73.1. The summed E-state index contributed by atoms with van der Waals surface area (Å²) in [6.45, 7) is 4.96. The van der Waals surface area contributed by atoms with Crippen molar-refractivity contribution in [1.82, 2.24) is 5.32 Å². The number of amides is 1. The Bertz CT molecular complexity index is 1260. The number of ether oxygens (including phenoxy) is 1. The van der Waals surface area contributed by atoms with Crippen LogP contribution >= 0.6 is 0 Å². The minimum atomic E-state index is -0.841. The van der Waals surface area contributed by atoms with Crippen LogP contribution < -0.4 is 5.32 Å². The molecule has 0 fully saturated rings. The summed E-state index contributed by atoms with van der Waals surface area (Å²) in [5.74, 6) is -0.0340. The van der Waals surface area contributed by atoms with Gasteiger partial charge < -0.3 is 20.3 Å². The zero-order chi connectivity index (χ0) is 59.9. The predicted octanol–water partition coefficient (Wildman–Crippen LogP) is 25.1. The average Bonchev–Trinajstić information content (AvgIpc) is 3.49. The Hall–Kier alpha value is -1.40. The zero-order valence-electron chi connectivity index (χ0n) is 56.7. The third-order valence-corrected chi connectivity index (χ3v) is 18.3. The lowest BCUT2D eigenvalue weighted by molar-refractivity contribution is -0.143. The van der Waals surface area contributed by atoms with Gasteiger partial charge in [-0.1, -0.05) is 411 Å².